The molecule has 118 valence electrons. The first-order valence-corrected chi connectivity index (χ1v) is 8.57. The van der Waals surface area contributed by atoms with Crippen LogP contribution in [-0.2, 0) is 4.79 Å². The van der Waals surface area contributed by atoms with Gasteiger partial charge in [-0.3, -0.25) is 9.59 Å². The van der Waals surface area contributed by atoms with Gasteiger partial charge in [0, 0.05) is 16.1 Å². The largest absolute Gasteiger partial charge is 0.497 e. The summed E-state index contributed by atoms with van der Waals surface area (Å²) < 4.78 is 5.29. The van der Waals surface area contributed by atoms with Gasteiger partial charge < -0.3 is 10.1 Å². The molecular weight excluding hydrogens is 334 g/mol. The number of benzene rings is 2. The maximum Gasteiger partial charge on any atom is 0.242 e. The number of rotatable bonds is 4. The summed E-state index contributed by atoms with van der Waals surface area (Å²) >= 11 is 7.29. The summed E-state index contributed by atoms with van der Waals surface area (Å²) in [6, 6.07) is 10.1. The van der Waals surface area contributed by atoms with E-state index < -0.39 is 0 Å². The van der Waals surface area contributed by atoms with Crippen molar-refractivity contribution in [3.05, 3.63) is 58.1 Å². The standard InChI is InChI=1S/C17H14ClNO3S/c1-22-11-7-12(15(20)9-3-5-10(18)6-4-9)14-13(8-11)16(23-2)17(21)19-14/h3-8,16H,1-2H3,(H,19,21)/t16-/m0/s1. The lowest BCUT2D eigenvalue weighted by atomic mass is 9.98. The number of ketones is 1. The van der Waals surface area contributed by atoms with Gasteiger partial charge in [0.25, 0.3) is 0 Å². The molecule has 0 fully saturated rings. The number of carbonyl (C=O) groups excluding carboxylic acids is 2. The van der Waals surface area contributed by atoms with Crippen LogP contribution in [0.4, 0.5) is 5.69 Å². The number of thioether (sulfide) groups is 1. The molecule has 4 nitrogen and oxygen atoms in total. The lowest BCUT2D eigenvalue weighted by Gasteiger charge is -2.11. The van der Waals surface area contributed by atoms with E-state index in [1.54, 1.807) is 36.4 Å². The molecular formula is C17H14ClNO3S. The zero-order valence-corrected chi connectivity index (χ0v) is 14.1. The fourth-order valence-electron chi connectivity index (χ4n) is 2.60. The van der Waals surface area contributed by atoms with Crippen LogP contribution in [0.3, 0.4) is 0 Å². The molecule has 0 aliphatic carbocycles. The molecule has 1 N–H and O–H groups in total. The quantitative estimate of drug-likeness (QED) is 0.851. The maximum atomic E-state index is 12.8. The number of methoxy groups -OCH3 is 1. The molecule has 0 spiro atoms. The van der Waals surface area contributed by atoms with Gasteiger partial charge in [0.1, 0.15) is 11.0 Å². The fraction of sp³-hybridized carbons (Fsp3) is 0.176. The number of hydrogen-bond donors (Lipinski definition) is 1. The Morgan fingerprint density at radius 1 is 1.26 bits per heavy atom. The van der Waals surface area contributed by atoms with E-state index >= 15 is 0 Å². The van der Waals surface area contributed by atoms with Crippen LogP contribution in [0.15, 0.2) is 36.4 Å². The van der Waals surface area contributed by atoms with Crippen molar-refractivity contribution in [2.75, 3.05) is 18.7 Å². The van der Waals surface area contributed by atoms with E-state index in [-0.39, 0.29) is 16.9 Å². The Hall–Kier alpha value is -1.98. The monoisotopic (exact) mass is 347 g/mol. The van der Waals surface area contributed by atoms with Crippen LogP contribution >= 0.6 is 23.4 Å². The molecule has 1 heterocycles. The molecule has 0 saturated heterocycles. The Labute approximate surface area is 143 Å². The number of nitrogens with one attached hydrogen (secondary N) is 1. The van der Waals surface area contributed by atoms with Crippen molar-refractivity contribution in [2.24, 2.45) is 0 Å². The molecule has 2 aromatic rings. The van der Waals surface area contributed by atoms with Crippen molar-refractivity contribution in [3.63, 3.8) is 0 Å². The van der Waals surface area contributed by atoms with Crippen LogP contribution in [0.25, 0.3) is 0 Å². The molecule has 23 heavy (non-hydrogen) atoms. The number of amides is 1. The predicted octanol–water partition coefficient (Wildman–Crippen LogP) is 3.94. The van der Waals surface area contributed by atoms with E-state index in [1.165, 1.54) is 18.9 Å². The first-order chi connectivity index (χ1) is 11.0. The average Bonchev–Trinajstić information content (AvgIpc) is 2.88. The molecule has 0 radical (unpaired) electrons. The van der Waals surface area contributed by atoms with Crippen LogP contribution in [-0.4, -0.2) is 25.1 Å². The highest BCUT2D eigenvalue weighted by Gasteiger charge is 2.34. The van der Waals surface area contributed by atoms with E-state index in [2.05, 4.69) is 5.32 Å². The molecule has 0 bridgehead atoms. The van der Waals surface area contributed by atoms with Gasteiger partial charge in [0.15, 0.2) is 5.78 Å². The van der Waals surface area contributed by atoms with E-state index in [4.69, 9.17) is 16.3 Å². The topological polar surface area (TPSA) is 55.4 Å². The number of anilines is 1. The van der Waals surface area contributed by atoms with Crippen LogP contribution in [0.1, 0.15) is 26.7 Å². The highest BCUT2D eigenvalue weighted by molar-refractivity contribution is 7.99. The molecule has 1 atom stereocenters. The van der Waals surface area contributed by atoms with Crippen molar-refractivity contribution in [1.82, 2.24) is 0 Å². The summed E-state index contributed by atoms with van der Waals surface area (Å²) in [4.78, 5) is 24.9. The summed E-state index contributed by atoms with van der Waals surface area (Å²) in [5, 5.41) is 3.05. The van der Waals surface area contributed by atoms with Crippen LogP contribution in [0, 0.1) is 0 Å². The Morgan fingerprint density at radius 3 is 2.57 bits per heavy atom. The number of hydrogen-bond acceptors (Lipinski definition) is 4. The average molecular weight is 348 g/mol. The summed E-state index contributed by atoms with van der Waals surface area (Å²) in [6.07, 6.45) is 1.86. The summed E-state index contributed by atoms with van der Waals surface area (Å²) in [7, 11) is 1.54. The third kappa shape index (κ3) is 2.82. The second-order valence-electron chi connectivity index (χ2n) is 5.08. The Kier molecular flexibility index (Phi) is 4.33. The van der Waals surface area contributed by atoms with Gasteiger partial charge in [0.05, 0.1) is 18.4 Å². The highest BCUT2D eigenvalue weighted by Crippen LogP contribution is 2.43. The minimum Gasteiger partial charge on any atom is -0.497 e. The predicted molar refractivity (Wildman–Crippen MR) is 92.8 cm³/mol. The molecule has 1 aliphatic heterocycles. The Morgan fingerprint density at radius 2 is 1.96 bits per heavy atom. The second-order valence-corrected chi connectivity index (χ2v) is 6.46. The van der Waals surface area contributed by atoms with Gasteiger partial charge in [-0.25, -0.2) is 0 Å². The number of ether oxygens (including phenoxy) is 1. The highest BCUT2D eigenvalue weighted by atomic mass is 35.5. The van der Waals surface area contributed by atoms with Gasteiger partial charge in [-0.15, -0.1) is 11.8 Å². The summed E-state index contributed by atoms with van der Waals surface area (Å²) in [5.41, 5.74) is 2.27. The van der Waals surface area contributed by atoms with Crippen LogP contribution in [0.2, 0.25) is 5.02 Å². The van der Waals surface area contributed by atoms with E-state index in [0.717, 1.165) is 5.56 Å². The van der Waals surface area contributed by atoms with Gasteiger partial charge in [-0.1, -0.05) is 11.6 Å². The molecule has 0 saturated carbocycles. The van der Waals surface area contributed by atoms with Gasteiger partial charge in [-0.05, 0) is 42.7 Å². The number of halogens is 1. The molecule has 2 aromatic carbocycles. The fourth-order valence-corrected chi connectivity index (χ4v) is 3.44. The third-order valence-electron chi connectivity index (χ3n) is 3.73. The molecule has 6 heteroatoms. The van der Waals surface area contributed by atoms with Crippen LogP contribution < -0.4 is 10.1 Å². The first kappa shape index (κ1) is 15.9. The maximum absolute atomic E-state index is 12.8. The molecule has 3 rings (SSSR count). The van der Waals surface area contributed by atoms with E-state index in [0.29, 0.717) is 27.6 Å². The van der Waals surface area contributed by atoms with Crippen molar-refractivity contribution in [3.8, 4) is 5.75 Å². The molecule has 0 unspecified atom stereocenters. The zero-order valence-electron chi connectivity index (χ0n) is 12.6. The smallest absolute Gasteiger partial charge is 0.242 e. The molecule has 0 aromatic heterocycles. The normalized spacial score (nSPS) is 16.0. The van der Waals surface area contributed by atoms with Crippen LogP contribution in [0.5, 0.6) is 5.75 Å². The minimum atomic E-state index is -0.336. The van der Waals surface area contributed by atoms with Gasteiger partial charge in [0.2, 0.25) is 5.91 Å². The number of carbonyl (C=O) groups is 2. The summed E-state index contributed by atoms with van der Waals surface area (Å²) in [5.74, 6) is 0.251. The van der Waals surface area contributed by atoms with Crippen molar-refractivity contribution >= 4 is 40.7 Å². The minimum absolute atomic E-state index is 0.120. The zero-order chi connectivity index (χ0) is 16.6. The van der Waals surface area contributed by atoms with Crippen molar-refractivity contribution < 1.29 is 14.3 Å². The first-order valence-electron chi connectivity index (χ1n) is 6.91. The summed E-state index contributed by atoms with van der Waals surface area (Å²) in [6.45, 7) is 0. The van der Waals surface area contributed by atoms with Crippen molar-refractivity contribution in [2.45, 2.75) is 5.25 Å². The van der Waals surface area contributed by atoms with Crippen molar-refractivity contribution in [1.29, 1.82) is 0 Å². The molecule has 1 aliphatic rings. The SMILES string of the molecule is COc1cc(C(=O)c2ccc(Cl)cc2)c2c(c1)[C@H](SC)C(=O)N2. The number of fused-ring (bicyclic) bond motifs is 1. The van der Waals surface area contributed by atoms with E-state index in [1.807, 2.05) is 6.26 Å². The van der Waals surface area contributed by atoms with Gasteiger partial charge >= 0.3 is 0 Å². The van der Waals surface area contributed by atoms with E-state index in [9.17, 15) is 9.59 Å². The molecule has 1 amide bonds. The van der Waals surface area contributed by atoms with Gasteiger partial charge in [-0.2, -0.15) is 0 Å². The second kappa shape index (κ2) is 6.26. The lowest BCUT2D eigenvalue weighted by Crippen LogP contribution is -2.10. The third-order valence-corrected chi connectivity index (χ3v) is 4.93. The Balaban J connectivity index is 2.13. The lowest BCUT2D eigenvalue weighted by molar-refractivity contribution is -0.115. The Bertz CT molecular complexity index is 789.